The second kappa shape index (κ2) is 7.95. The molecule has 6 heteroatoms. The number of amides is 1. The molecular formula is C15H24N4O2. The minimum Gasteiger partial charge on any atom is -0.377 e. The Kier molecular flexibility index (Phi) is 5.95. The molecule has 0 bridgehead atoms. The van der Waals surface area contributed by atoms with E-state index in [1.807, 2.05) is 26.1 Å². The van der Waals surface area contributed by atoms with Gasteiger partial charge in [0.05, 0.1) is 13.2 Å². The second-order valence-corrected chi connectivity index (χ2v) is 5.09. The third-order valence-corrected chi connectivity index (χ3v) is 3.49. The lowest BCUT2D eigenvalue weighted by atomic mass is 10.1. The Morgan fingerprint density at radius 1 is 1.57 bits per heavy atom. The number of carbonyl (C=O) groups excluding carboxylic acids is 1. The first kappa shape index (κ1) is 15.7. The van der Waals surface area contributed by atoms with Gasteiger partial charge < -0.3 is 20.3 Å². The van der Waals surface area contributed by atoms with Crippen molar-refractivity contribution in [2.45, 2.75) is 25.9 Å². The molecule has 1 saturated heterocycles. The van der Waals surface area contributed by atoms with E-state index in [9.17, 15) is 4.79 Å². The average molecular weight is 292 g/mol. The summed E-state index contributed by atoms with van der Waals surface area (Å²) in [6, 6.07) is 3.65. The van der Waals surface area contributed by atoms with E-state index >= 15 is 0 Å². The number of pyridine rings is 1. The molecule has 1 fully saturated rings. The van der Waals surface area contributed by atoms with E-state index in [4.69, 9.17) is 4.74 Å². The van der Waals surface area contributed by atoms with Crippen LogP contribution in [0.5, 0.6) is 0 Å². The summed E-state index contributed by atoms with van der Waals surface area (Å²) in [5.41, 5.74) is 1.09. The number of carbonyl (C=O) groups is 1. The van der Waals surface area contributed by atoms with E-state index in [0.29, 0.717) is 26.3 Å². The Labute approximate surface area is 125 Å². The van der Waals surface area contributed by atoms with Gasteiger partial charge in [0.1, 0.15) is 11.9 Å². The third-order valence-electron chi connectivity index (χ3n) is 3.49. The fourth-order valence-electron chi connectivity index (χ4n) is 2.46. The highest BCUT2D eigenvalue weighted by molar-refractivity contribution is 5.85. The lowest BCUT2D eigenvalue weighted by Crippen LogP contribution is -2.54. The van der Waals surface area contributed by atoms with E-state index in [1.165, 1.54) is 0 Å². The maximum Gasteiger partial charge on any atom is 0.245 e. The standard InChI is InChI=1S/C15H24N4O2/c1-3-6-18-15(20)13-11-21-9-8-19(13)14-12(10-16-2)5-4-7-17-14/h4-5,7,13,16H,3,6,8-11H2,1-2H3,(H,18,20). The van der Waals surface area contributed by atoms with Crippen LogP contribution in [-0.4, -0.2) is 50.3 Å². The SMILES string of the molecule is CCCNC(=O)C1COCCN1c1ncccc1CNC. The summed E-state index contributed by atoms with van der Waals surface area (Å²) in [4.78, 5) is 18.9. The zero-order valence-electron chi connectivity index (χ0n) is 12.8. The van der Waals surface area contributed by atoms with E-state index in [-0.39, 0.29) is 11.9 Å². The first-order chi connectivity index (χ1) is 10.3. The Morgan fingerprint density at radius 2 is 2.43 bits per heavy atom. The largest absolute Gasteiger partial charge is 0.377 e. The molecule has 6 nitrogen and oxygen atoms in total. The Balaban J connectivity index is 2.20. The number of aromatic nitrogens is 1. The number of rotatable bonds is 6. The van der Waals surface area contributed by atoms with Gasteiger partial charge in [0.15, 0.2) is 0 Å². The van der Waals surface area contributed by atoms with Crippen molar-refractivity contribution in [1.82, 2.24) is 15.6 Å². The highest BCUT2D eigenvalue weighted by Crippen LogP contribution is 2.21. The summed E-state index contributed by atoms with van der Waals surface area (Å²) in [6.45, 7) is 5.16. The number of hydrogen-bond acceptors (Lipinski definition) is 5. The molecule has 0 aromatic carbocycles. The first-order valence-corrected chi connectivity index (χ1v) is 7.48. The number of nitrogens with one attached hydrogen (secondary N) is 2. The van der Waals surface area contributed by atoms with Crippen LogP contribution in [0.15, 0.2) is 18.3 Å². The molecule has 1 aromatic heterocycles. The Morgan fingerprint density at radius 3 is 3.19 bits per heavy atom. The van der Waals surface area contributed by atoms with Gasteiger partial charge in [-0.3, -0.25) is 4.79 Å². The lowest BCUT2D eigenvalue weighted by molar-refractivity contribution is -0.124. The van der Waals surface area contributed by atoms with Crippen molar-refractivity contribution >= 4 is 11.7 Å². The molecule has 1 aliphatic heterocycles. The predicted octanol–water partition coefficient (Wildman–Crippen LogP) is 0.532. The monoisotopic (exact) mass is 292 g/mol. The van der Waals surface area contributed by atoms with Crippen LogP contribution in [0.1, 0.15) is 18.9 Å². The molecule has 21 heavy (non-hydrogen) atoms. The van der Waals surface area contributed by atoms with Gasteiger partial charge in [0, 0.05) is 31.4 Å². The summed E-state index contributed by atoms with van der Waals surface area (Å²) >= 11 is 0. The number of anilines is 1. The Bertz CT molecular complexity index is 467. The highest BCUT2D eigenvalue weighted by Gasteiger charge is 2.31. The fourth-order valence-corrected chi connectivity index (χ4v) is 2.46. The molecule has 2 N–H and O–H groups in total. The molecular weight excluding hydrogens is 268 g/mol. The number of morpholine rings is 1. The van der Waals surface area contributed by atoms with Crippen LogP contribution in [0, 0.1) is 0 Å². The third kappa shape index (κ3) is 3.92. The van der Waals surface area contributed by atoms with Crippen molar-refractivity contribution < 1.29 is 9.53 Å². The summed E-state index contributed by atoms with van der Waals surface area (Å²) in [7, 11) is 1.90. The van der Waals surface area contributed by atoms with Gasteiger partial charge >= 0.3 is 0 Å². The maximum atomic E-state index is 12.3. The molecule has 1 atom stereocenters. The summed E-state index contributed by atoms with van der Waals surface area (Å²) in [5.74, 6) is 0.879. The topological polar surface area (TPSA) is 66.5 Å². The second-order valence-electron chi connectivity index (χ2n) is 5.09. The lowest BCUT2D eigenvalue weighted by Gasteiger charge is -2.36. The summed E-state index contributed by atoms with van der Waals surface area (Å²) in [6.07, 6.45) is 2.69. The molecule has 116 valence electrons. The van der Waals surface area contributed by atoms with Gasteiger partial charge in [-0.05, 0) is 19.5 Å². The van der Waals surface area contributed by atoms with E-state index < -0.39 is 0 Å². The van der Waals surface area contributed by atoms with Crippen molar-refractivity contribution in [2.24, 2.45) is 0 Å². The first-order valence-electron chi connectivity index (χ1n) is 7.48. The summed E-state index contributed by atoms with van der Waals surface area (Å²) in [5, 5.41) is 6.09. The van der Waals surface area contributed by atoms with Gasteiger partial charge in [-0.25, -0.2) is 4.98 Å². The predicted molar refractivity (Wildman–Crippen MR) is 82.3 cm³/mol. The van der Waals surface area contributed by atoms with Crippen LogP contribution < -0.4 is 15.5 Å². The van der Waals surface area contributed by atoms with Crippen LogP contribution in [-0.2, 0) is 16.1 Å². The van der Waals surface area contributed by atoms with E-state index in [1.54, 1.807) is 6.20 Å². The van der Waals surface area contributed by atoms with Crippen molar-refractivity contribution in [1.29, 1.82) is 0 Å². The number of ether oxygens (including phenoxy) is 1. The number of nitrogens with zero attached hydrogens (tertiary/aromatic N) is 2. The van der Waals surface area contributed by atoms with Crippen LogP contribution in [0.25, 0.3) is 0 Å². The van der Waals surface area contributed by atoms with Crippen LogP contribution in [0.4, 0.5) is 5.82 Å². The van der Waals surface area contributed by atoms with Gasteiger partial charge in [0.25, 0.3) is 0 Å². The Hall–Kier alpha value is -1.66. The normalized spacial score (nSPS) is 18.6. The van der Waals surface area contributed by atoms with Gasteiger partial charge in [-0.1, -0.05) is 13.0 Å². The quantitative estimate of drug-likeness (QED) is 0.801. The van der Waals surface area contributed by atoms with Crippen LogP contribution in [0.3, 0.4) is 0 Å². The van der Waals surface area contributed by atoms with E-state index in [0.717, 1.165) is 24.3 Å². The van der Waals surface area contributed by atoms with Gasteiger partial charge in [-0.15, -0.1) is 0 Å². The maximum absolute atomic E-state index is 12.3. The highest BCUT2D eigenvalue weighted by atomic mass is 16.5. The molecule has 0 spiro atoms. The molecule has 2 rings (SSSR count). The van der Waals surface area contributed by atoms with Crippen LogP contribution >= 0.6 is 0 Å². The minimum atomic E-state index is -0.309. The average Bonchev–Trinajstić information content (AvgIpc) is 2.53. The van der Waals surface area contributed by atoms with Crippen molar-refractivity contribution in [3.63, 3.8) is 0 Å². The smallest absolute Gasteiger partial charge is 0.245 e. The molecule has 0 aliphatic carbocycles. The zero-order valence-corrected chi connectivity index (χ0v) is 12.8. The van der Waals surface area contributed by atoms with Crippen LogP contribution in [0.2, 0.25) is 0 Å². The molecule has 1 aromatic rings. The van der Waals surface area contributed by atoms with E-state index in [2.05, 4.69) is 20.5 Å². The molecule has 0 saturated carbocycles. The molecule has 1 amide bonds. The van der Waals surface area contributed by atoms with Gasteiger partial charge in [-0.2, -0.15) is 0 Å². The zero-order chi connectivity index (χ0) is 15.1. The molecule has 0 radical (unpaired) electrons. The number of hydrogen-bond donors (Lipinski definition) is 2. The summed E-state index contributed by atoms with van der Waals surface area (Å²) < 4.78 is 5.49. The fraction of sp³-hybridized carbons (Fsp3) is 0.600. The molecule has 2 heterocycles. The molecule has 1 aliphatic rings. The van der Waals surface area contributed by atoms with Crippen molar-refractivity contribution in [3.8, 4) is 0 Å². The van der Waals surface area contributed by atoms with Crippen molar-refractivity contribution in [3.05, 3.63) is 23.9 Å². The molecule has 1 unspecified atom stereocenters. The van der Waals surface area contributed by atoms with Gasteiger partial charge in [0.2, 0.25) is 5.91 Å². The van der Waals surface area contributed by atoms with Crippen molar-refractivity contribution in [2.75, 3.05) is 38.3 Å². The minimum absolute atomic E-state index is 0.0117.